The van der Waals surface area contributed by atoms with E-state index in [1.54, 1.807) is 30.3 Å². The largest absolute Gasteiger partial charge is 0.478 e. The molecule has 0 aliphatic rings. The van der Waals surface area contributed by atoms with Gasteiger partial charge in [0.25, 0.3) is 5.91 Å². The second-order valence-corrected chi connectivity index (χ2v) is 5.28. The normalized spacial score (nSPS) is 10.1. The molecular weight excluding hydrogens is 336 g/mol. The maximum absolute atomic E-state index is 12.1. The lowest BCUT2D eigenvalue weighted by molar-refractivity contribution is 0.0696. The number of halogens is 1. The number of nitrogens with one attached hydrogen (secondary N) is 1. The van der Waals surface area contributed by atoms with E-state index in [1.807, 2.05) is 0 Å². The molecule has 1 amide bonds. The first kappa shape index (κ1) is 15.1. The zero-order valence-electron chi connectivity index (χ0n) is 11.0. The average Bonchev–Trinajstić information content (AvgIpc) is 2.47. The number of aromatic carboxylic acids is 1. The van der Waals surface area contributed by atoms with E-state index < -0.39 is 5.97 Å². The Hall–Kier alpha value is -2.34. The molecule has 2 aromatic rings. The molecule has 0 radical (unpaired) electrons. The standard InChI is InChI=1S/C15H13BrN2O3/c16-13-5-4-11(17)7-12(13)14(19)18-8-9-2-1-3-10(6-9)15(20)21/h1-7H,8,17H2,(H,18,19)(H,20,21). The van der Waals surface area contributed by atoms with Gasteiger partial charge in [0.1, 0.15) is 0 Å². The third-order valence-corrected chi connectivity index (χ3v) is 3.55. The van der Waals surface area contributed by atoms with E-state index in [-0.39, 0.29) is 18.0 Å². The number of carbonyl (C=O) groups is 2. The van der Waals surface area contributed by atoms with Gasteiger partial charge < -0.3 is 16.2 Å². The summed E-state index contributed by atoms with van der Waals surface area (Å²) in [7, 11) is 0. The number of hydrogen-bond acceptors (Lipinski definition) is 3. The van der Waals surface area contributed by atoms with Gasteiger partial charge in [-0.3, -0.25) is 4.79 Å². The first-order valence-electron chi connectivity index (χ1n) is 6.13. The summed E-state index contributed by atoms with van der Waals surface area (Å²) in [5.41, 5.74) is 7.49. The van der Waals surface area contributed by atoms with Crippen LogP contribution in [0.5, 0.6) is 0 Å². The number of hydrogen-bond donors (Lipinski definition) is 3. The van der Waals surface area contributed by atoms with Crippen LogP contribution in [-0.2, 0) is 6.54 Å². The molecule has 0 aliphatic carbocycles. The van der Waals surface area contributed by atoms with Crippen LogP contribution in [-0.4, -0.2) is 17.0 Å². The van der Waals surface area contributed by atoms with Crippen molar-refractivity contribution in [1.82, 2.24) is 5.32 Å². The fourth-order valence-electron chi connectivity index (χ4n) is 1.81. The van der Waals surface area contributed by atoms with Gasteiger partial charge in [0.15, 0.2) is 0 Å². The summed E-state index contributed by atoms with van der Waals surface area (Å²) in [6, 6.07) is 11.4. The van der Waals surface area contributed by atoms with E-state index in [0.717, 1.165) is 0 Å². The second kappa shape index (κ2) is 6.41. The summed E-state index contributed by atoms with van der Waals surface area (Å²) in [6.07, 6.45) is 0. The molecule has 0 saturated carbocycles. The van der Waals surface area contributed by atoms with E-state index in [9.17, 15) is 9.59 Å². The summed E-state index contributed by atoms with van der Waals surface area (Å²) in [5, 5.41) is 11.7. The quantitative estimate of drug-likeness (QED) is 0.740. The van der Waals surface area contributed by atoms with Crippen LogP contribution in [0, 0.1) is 0 Å². The van der Waals surface area contributed by atoms with Crippen molar-refractivity contribution in [2.24, 2.45) is 0 Å². The molecule has 0 aromatic heterocycles. The predicted octanol–water partition coefficient (Wildman–Crippen LogP) is 2.66. The minimum Gasteiger partial charge on any atom is -0.478 e. The molecule has 21 heavy (non-hydrogen) atoms. The fourth-order valence-corrected chi connectivity index (χ4v) is 2.24. The number of carboxylic acid groups (broad SMARTS) is 1. The number of anilines is 1. The Bertz CT molecular complexity index is 701. The number of carbonyl (C=O) groups excluding carboxylic acids is 1. The van der Waals surface area contributed by atoms with Gasteiger partial charge in [0.05, 0.1) is 11.1 Å². The lowest BCUT2D eigenvalue weighted by Crippen LogP contribution is -2.23. The lowest BCUT2D eigenvalue weighted by atomic mass is 10.1. The van der Waals surface area contributed by atoms with Gasteiger partial charge in [0, 0.05) is 16.7 Å². The first-order valence-corrected chi connectivity index (χ1v) is 6.92. The third-order valence-electron chi connectivity index (χ3n) is 2.86. The van der Waals surface area contributed by atoms with E-state index >= 15 is 0 Å². The molecule has 4 N–H and O–H groups in total. The summed E-state index contributed by atoms with van der Waals surface area (Å²) >= 11 is 3.29. The second-order valence-electron chi connectivity index (χ2n) is 4.43. The van der Waals surface area contributed by atoms with Crippen LogP contribution in [0.1, 0.15) is 26.3 Å². The highest BCUT2D eigenvalue weighted by molar-refractivity contribution is 9.10. The summed E-state index contributed by atoms with van der Waals surface area (Å²) < 4.78 is 0.647. The molecule has 0 saturated heterocycles. The number of benzene rings is 2. The monoisotopic (exact) mass is 348 g/mol. The zero-order chi connectivity index (χ0) is 15.4. The number of amides is 1. The van der Waals surface area contributed by atoms with E-state index in [1.165, 1.54) is 12.1 Å². The summed E-state index contributed by atoms with van der Waals surface area (Å²) in [6.45, 7) is 0.237. The molecule has 2 rings (SSSR count). The molecule has 6 heteroatoms. The van der Waals surface area contributed by atoms with E-state index in [4.69, 9.17) is 10.8 Å². The molecule has 108 valence electrons. The van der Waals surface area contributed by atoms with Gasteiger partial charge in [-0.15, -0.1) is 0 Å². The molecule has 0 fully saturated rings. The number of nitrogens with two attached hydrogens (primary N) is 1. The Balaban J connectivity index is 2.09. The van der Waals surface area contributed by atoms with Crippen LogP contribution >= 0.6 is 15.9 Å². The molecule has 0 bridgehead atoms. The topological polar surface area (TPSA) is 92.4 Å². The highest BCUT2D eigenvalue weighted by atomic mass is 79.9. The van der Waals surface area contributed by atoms with E-state index in [2.05, 4.69) is 21.2 Å². The van der Waals surface area contributed by atoms with Gasteiger partial charge >= 0.3 is 5.97 Å². The Kier molecular flexibility index (Phi) is 4.59. The van der Waals surface area contributed by atoms with Gasteiger partial charge in [-0.1, -0.05) is 12.1 Å². The van der Waals surface area contributed by atoms with Gasteiger partial charge in [-0.25, -0.2) is 4.79 Å². The Labute approximate surface area is 129 Å². The number of rotatable bonds is 4. The van der Waals surface area contributed by atoms with Crippen molar-refractivity contribution in [2.75, 3.05) is 5.73 Å². The first-order chi connectivity index (χ1) is 9.97. The van der Waals surface area contributed by atoms with Crippen molar-refractivity contribution < 1.29 is 14.7 Å². The van der Waals surface area contributed by atoms with Crippen LogP contribution in [0.3, 0.4) is 0 Å². The van der Waals surface area contributed by atoms with Crippen LogP contribution < -0.4 is 11.1 Å². The lowest BCUT2D eigenvalue weighted by Gasteiger charge is -2.08. The molecule has 0 unspecified atom stereocenters. The summed E-state index contributed by atoms with van der Waals surface area (Å²) in [4.78, 5) is 23.0. The molecule has 0 atom stereocenters. The molecule has 0 heterocycles. The van der Waals surface area contributed by atoms with Crippen molar-refractivity contribution in [1.29, 1.82) is 0 Å². The van der Waals surface area contributed by atoms with Crippen LogP contribution in [0.15, 0.2) is 46.9 Å². The SMILES string of the molecule is Nc1ccc(Br)c(C(=O)NCc2cccc(C(=O)O)c2)c1. The Morgan fingerprint density at radius 3 is 2.67 bits per heavy atom. The Morgan fingerprint density at radius 1 is 1.19 bits per heavy atom. The maximum Gasteiger partial charge on any atom is 0.335 e. The van der Waals surface area contributed by atoms with Crippen molar-refractivity contribution in [3.8, 4) is 0 Å². The highest BCUT2D eigenvalue weighted by Gasteiger charge is 2.10. The zero-order valence-corrected chi connectivity index (χ0v) is 12.6. The van der Waals surface area contributed by atoms with Gasteiger partial charge in [-0.2, -0.15) is 0 Å². The van der Waals surface area contributed by atoms with Crippen molar-refractivity contribution >= 4 is 33.5 Å². The minimum absolute atomic E-state index is 0.187. The minimum atomic E-state index is -0.998. The number of nitrogen functional groups attached to an aromatic ring is 1. The van der Waals surface area contributed by atoms with Crippen LogP contribution in [0.25, 0.3) is 0 Å². The van der Waals surface area contributed by atoms with Gasteiger partial charge in [-0.05, 0) is 51.8 Å². The molecule has 0 aliphatic heterocycles. The molecule has 0 spiro atoms. The van der Waals surface area contributed by atoms with Crippen molar-refractivity contribution in [3.05, 3.63) is 63.6 Å². The molecule has 5 nitrogen and oxygen atoms in total. The smallest absolute Gasteiger partial charge is 0.335 e. The average molecular weight is 349 g/mol. The van der Waals surface area contributed by atoms with Crippen molar-refractivity contribution in [3.63, 3.8) is 0 Å². The highest BCUT2D eigenvalue weighted by Crippen LogP contribution is 2.19. The fraction of sp³-hybridized carbons (Fsp3) is 0.0667. The van der Waals surface area contributed by atoms with Crippen LogP contribution in [0.4, 0.5) is 5.69 Å². The summed E-state index contributed by atoms with van der Waals surface area (Å²) in [5.74, 6) is -1.28. The maximum atomic E-state index is 12.1. The van der Waals surface area contributed by atoms with Crippen LogP contribution in [0.2, 0.25) is 0 Å². The number of carboxylic acids is 1. The van der Waals surface area contributed by atoms with E-state index in [0.29, 0.717) is 21.3 Å². The molecular formula is C15H13BrN2O3. The Morgan fingerprint density at radius 2 is 1.95 bits per heavy atom. The van der Waals surface area contributed by atoms with Gasteiger partial charge in [0.2, 0.25) is 0 Å². The molecule has 2 aromatic carbocycles. The predicted molar refractivity (Wildman–Crippen MR) is 83.1 cm³/mol. The third kappa shape index (κ3) is 3.82. The van der Waals surface area contributed by atoms with Crippen molar-refractivity contribution in [2.45, 2.75) is 6.54 Å².